The van der Waals surface area contributed by atoms with Crippen LogP contribution in [0, 0.1) is 12.8 Å². The maximum atomic E-state index is 13.0. The van der Waals surface area contributed by atoms with E-state index in [1.54, 1.807) is 20.5 Å². The second-order valence-electron chi connectivity index (χ2n) is 7.97. The van der Waals surface area contributed by atoms with E-state index in [1.807, 2.05) is 55.5 Å². The Kier molecular flexibility index (Phi) is 6.54. The van der Waals surface area contributed by atoms with Gasteiger partial charge in [-0.1, -0.05) is 6.07 Å². The summed E-state index contributed by atoms with van der Waals surface area (Å²) in [6, 6.07) is 15.5. The third-order valence-electron chi connectivity index (χ3n) is 5.77. The predicted molar refractivity (Wildman–Crippen MR) is 125 cm³/mol. The summed E-state index contributed by atoms with van der Waals surface area (Å²) >= 11 is 0. The van der Waals surface area contributed by atoms with Crippen molar-refractivity contribution in [3.8, 4) is 22.8 Å². The maximum absolute atomic E-state index is 13.0. The predicted octanol–water partition coefficient (Wildman–Crippen LogP) is 4.32. The molecule has 1 fully saturated rings. The lowest BCUT2D eigenvalue weighted by atomic mass is 9.96. The normalized spacial score (nSPS) is 15.8. The SMILES string of the molecule is COc1ccc(-c2cc(N3CCCC(C(=O)Nc4cc(C)ccc4OC)C3)ncn2)cc1. The standard InChI is InChI=1S/C25H28N4O3/c1-17-6-11-23(32-3)22(13-17)28-25(30)19-5-4-12-29(15-19)24-14-21(26-16-27-24)18-7-9-20(31-2)10-8-18/h6-11,13-14,16,19H,4-5,12,15H2,1-3H3,(H,28,30). The van der Waals surface area contributed by atoms with Crippen LogP contribution in [0.2, 0.25) is 0 Å². The molecule has 1 aromatic heterocycles. The Morgan fingerprint density at radius 2 is 1.88 bits per heavy atom. The van der Waals surface area contributed by atoms with Gasteiger partial charge in [0.15, 0.2) is 0 Å². The summed E-state index contributed by atoms with van der Waals surface area (Å²) in [5.41, 5.74) is 3.61. The number of nitrogens with one attached hydrogen (secondary N) is 1. The molecule has 1 atom stereocenters. The third-order valence-corrected chi connectivity index (χ3v) is 5.77. The fraction of sp³-hybridized carbons (Fsp3) is 0.320. The van der Waals surface area contributed by atoms with Crippen molar-refractivity contribution in [1.82, 2.24) is 9.97 Å². The lowest BCUT2D eigenvalue weighted by Crippen LogP contribution is -2.41. The molecule has 1 aliphatic heterocycles. The molecule has 1 unspecified atom stereocenters. The van der Waals surface area contributed by atoms with Crippen LogP contribution in [-0.2, 0) is 4.79 Å². The van der Waals surface area contributed by atoms with Gasteiger partial charge in [0.05, 0.1) is 31.5 Å². The van der Waals surface area contributed by atoms with Gasteiger partial charge in [-0.15, -0.1) is 0 Å². The van der Waals surface area contributed by atoms with Gasteiger partial charge in [0.1, 0.15) is 23.6 Å². The van der Waals surface area contributed by atoms with Crippen LogP contribution in [-0.4, -0.2) is 43.2 Å². The number of rotatable bonds is 6. The number of hydrogen-bond donors (Lipinski definition) is 1. The highest BCUT2D eigenvalue weighted by molar-refractivity contribution is 5.94. The van der Waals surface area contributed by atoms with E-state index in [-0.39, 0.29) is 11.8 Å². The van der Waals surface area contributed by atoms with Gasteiger partial charge in [0.25, 0.3) is 0 Å². The first-order valence-electron chi connectivity index (χ1n) is 10.7. The zero-order chi connectivity index (χ0) is 22.5. The van der Waals surface area contributed by atoms with Gasteiger partial charge in [-0.25, -0.2) is 9.97 Å². The zero-order valence-electron chi connectivity index (χ0n) is 18.7. The number of piperidine rings is 1. The molecule has 7 nitrogen and oxygen atoms in total. The van der Waals surface area contributed by atoms with Crippen molar-refractivity contribution in [1.29, 1.82) is 0 Å². The van der Waals surface area contributed by atoms with E-state index in [1.165, 1.54) is 0 Å². The number of ether oxygens (including phenoxy) is 2. The number of methoxy groups -OCH3 is 2. The Balaban J connectivity index is 1.48. The van der Waals surface area contributed by atoms with Crippen molar-refractivity contribution in [3.63, 3.8) is 0 Å². The van der Waals surface area contributed by atoms with E-state index in [4.69, 9.17) is 9.47 Å². The summed E-state index contributed by atoms with van der Waals surface area (Å²) in [5.74, 6) is 2.17. The quantitative estimate of drug-likeness (QED) is 0.625. The molecule has 1 saturated heterocycles. The molecule has 4 rings (SSSR count). The second-order valence-corrected chi connectivity index (χ2v) is 7.97. The first-order chi connectivity index (χ1) is 15.6. The molecule has 7 heteroatoms. The van der Waals surface area contributed by atoms with Crippen LogP contribution in [0.25, 0.3) is 11.3 Å². The Bertz CT molecular complexity index is 1080. The number of aromatic nitrogens is 2. The molecule has 0 aliphatic carbocycles. The van der Waals surface area contributed by atoms with E-state index in [9.17, 15) is 4.79 Å². The lowest BCUT2D eigenvalue weighted by molar-refractivity contribution is -0.120. The van der Waals surface area contributed by atoms with Gasteiger partial charge >= 0.3 is 0 Å². The molecule has 2 heterocycles. The Labute approximate surface area is 188 Å². The van der Waals surface area contributed by atoms with Crippen LogP contribution in [0.1, 0.15) is 18.4 Å². The van der Waals surface area contributed by atoms with E-state index in [0.717, 1.165) is 47.8 Å². The lowest BCUT2D eigenvalue weighted by Gasteiger charge is -2.33. The van der Waals surface area contributed by atoms with Crippen molar-refractivity contribution < 1.29 is 14.3 Å². The molecule has 32 heavy (non-hydrogen) atoms. The minimum atomic E-state index is -0.131. The molecule has 0 radical (unpaired) electrons. The molecule has 2 aromatic carbocycles. The van der Waals surface area contributed by atoms with Crippen molar-refractivity contribution in [2.45, 2.75) is 19.8 Å². The van der Waals surface area contributed by atoms with Crippen LogP contribution in [0.15, 0.2) is 54.9 Å². The van der Waals surface area contributed by atoms with Gasteiger partial charge in [-0.3, -0.25) is 4.79 Å². The average Bonchev–Trinajstić information content (AvgIpc) is 2.84. The largest absolute Gasteiger partial charge is 0.497 e. The fourth-order valence-electron chi connectivity index (χ4n) is 3.99. The fourth-order valence-corrected chi connectivity index (χ4v) is 3.99. The van der Waals surface area contributed by atoms with Crippen LogP contribution in [0.4, 0.5) is 11.5 Å². The number of aryl methyl sites for hydroxylation is 1. The monoisotopic (exact) mass is 432 g/mol. The number of amides is 1. The van der Waals surface area contributed by atoms with E-state index < -0.39 is 0 Å². The number of anilines is 2. The highest BCUT2D eigenvalue weighted by Gasteiger charge is 2.27. The molecule has 1 amide bonds. The summed E-state index contributed by atoms with van der Waals surface area (Å²) in [6.07, 6.45) is 3.34. The molecular formula is C25H28N4O3. The Morgan fingerprint density at radius 1 is 1.06 bits per heavy atom. The van der Waals surface area contributed by atoms with E-state index in [2.05, 4.69) is 20.2 Å². The van der Waals surface area contributed by atoms with E-state index >= 15 is 0 Å². The molecule has 3 aromatic rings. The molecular weight excluding hydrogens is 404 g/mol. The van der Waals surface area contributed by atoms with Gasteiger partial charge in [-0.05, 0) is 61.7 Å². The first-order valence-corrected chi connectivity index (χ1v) is 10.7. The summed E-state index contributed by atoms with van der Waals surface area (Å²) in [7, 11) is 3.26. The number of benzene rings is 2. The molecule has 0 spiro atoms. The summed E-state index contributed by atoms with van der Waals surface area (Å²) < 4.78 is 10.6. The summed E-state index contributed by atoms with van der Waals surface area (Å²) in [6.45, 7) is 3.46. The summed E-state index contributed by atoms with van der Waals surface area (Å²) in [5, 5.41) is 3.06. The van der Waals surface area contributed by atoms with Crippen LogP contribution in [0.3, 0.4) is 0 Å². The number of carbonyl (C=O) groups excluding carboxylic acids is 1. The second kappa shape index (κ2) is 9.68. The molecule has 166 valence electrons. The average molecular weight is 433 g/mol. The Hall–Kier alpha value is -3.61. The molecule has 1 aliphatic rings. The number of carbonyl (C=O) groups is 1. The highest BCUT2D eigenvalue weighted by atomic mass is 16.5. The maximum Gasteiger partial charge on any atom is 0.229 e. The highest BCUT2D eigenvalue weighted by Crippen LogP contribution is 2.29. The van der Waals surface area contributed by atoms with Crippen molar-refractivity contribution in [2.75, 3.05) is 37.5 Å². The van der Waals surface area contributed by atoms with Gasteiger partial charge in [-0.2, -0.15) is 0 Å². The van der Waals surface area contributed by atoms with Crippen molar-refractivity contribution >= 4 is 17.4 Å². The zero-order valence-corrected chi connectivity index (χ0v) is 18.7. The third kappa shape index (κ3) is 4.82. The molecule has 0 saturated carbocycles. The van der Waals surface area contributed by atoms with E-state index in [0.29, 0.717) is 18.0 Å². The molecule has 0 bridgehead atoms. The van der Waals surface area contributed by atoms with Crippen molar-refractivity contribution in [2.24, 2.45) is 5.92 Å². The van der Waals surface area contributed by atoms with Crippen LogP contribution < -0.4 is 19.7 Å². The van der Waals surface area contributed by atoms with Crippen LogP contribution in [0.5, 0.6) is 11.5 Å². The van der Waals surface area contributed by atoms with Gasteiger partial charge < -0.3 is 19.7 Å². The van der Waals surface area contributed by atoms with Gasteiger partial charge in [0.2, 0.25) is 5.91 Å². The molecule has 1 N–H and O–H groups in total. The minimum Gasteiger partial charge on any atom is -0.497 e. The number of hydrogen-bond acceptors (Lipinski definition) is 6. The first kappa shape index (κ1) is 21.6. The van der Waals surface area contributed by atoms with Crippen LogP contribution >= 0.6 is 0 Å². The number of nitrogens with zero attached hydrogens (tertiary/aromatic N) is 3. The van der Waals surface area contributed by atoms with Crippen molar-refractivity contribution in [3.05, 3.63) is 60.4 Å². The smallest absolute Gasteiger partial charge is 0.229 e. The van der Waals surface area contributed by atoms with Gasteiger partial charge in [0, 0.05) is 24.7 Å². The summed E-state index contributed by atoms with van der Waals surface area (Å²) in [4.78, 5) is 24.1. The topological polar surface area (TPSA) is 76.6 Å². The Morgan fingerprint density at radius 3 is 2.62 bits per heavy atom. The minimum absolute atomic E-state index is 0.00281.